The van der Waals surface area contributed by atoms with Gasteiger partial charge in [0.15, 0.2) is 0 Å². The molecule has 148 valence electrons. The van der Waals surface area contributed by atoms with Crippen LogP contribution in [0.5, 0.6) is 0 Å². The van der Waals surface area contributed by atoms with Crippen LogP contribution in [0.25, 0.3) is 0 Å². The number of oxime groups is 2. The molecule has 0 unspecified atom stereocenters. The molecule has 29 heavy (non-hydrogen) atoms. The van der Waals surface area contributed by atoms with E-state index >= 15 is 0 Å². The minimum Gasteiger partial charge on any atom is -0.399 e. The second-order valence-electron chi connectivity index (χ2n) is 6.20. The van der Waals surface area contributed by atoms with Gasteiger partial charge in [0, 0.05) is 29.8 Å². The molecule has 0 radical (unpaired) electrons. The van der Waals surface area contributed by atoms with Gasteiger partial charge in [-0.05, 0) is 56.2 Å². The van der Waals surface area contributed by atoms with E-state index in [0.717, 1.165) is 41.2 Å². The molecule has 0 spiro atoms. The Kier molecular flexibility index (Phi) is 7.40. The second-order valence-corrected chi connectivity index (χ2v) is 6.20. The van der Waals surface area contributed by atoms with Gasteiger partial charge in [0.2, 0.25) is 0 Å². The Balaban J connectivity index is 1.61. The van der Waals surface area contributed by atoms with Crippen molar-refractivity contribution >= 4 is 11.4 Å². The third kappa shape index (κ3) is 5.93. The highest BCUT2D eigenvalue weighted by Crippen LogP contribution is 2.09. The average Bonchev–Trinajstić information content (AvgIpc) is 2.78. The molecule has 3 rings (SSSR count). The van der Waals surface area contributed by atoms with Crippen molar-refractivity contribution in [2.45, 2.75) is 19.8 Å². The summed E-state index contributed by atoms with van der Waals surface area (Å²) in [7, 11) is 1.52. The first-order chi connectivity index (χ1) is 14.3. The summed E-state index contributed by atoms with van der Waals surface area (Å²) in [6.07, 6.45) is 6.74. The molecule has 0 aliphatic carbocycles. The molecule has 0 aromatic carbocycles. The van der Waals surface area contributed by atoms with Crippen LogP contribution in [0.4, 0.5) is 0 Å². The summed E-state index contributed by atoms with van der Waals surface area (Å²) in [4.78, 5) is 23.4. The zero-order valence-electron chi connectivity index (χ0n) is 16.5. The number of aromatic nitrogens is 3. The van der Waals surface area contributed by atoms with E-state index in [-0.39, 0.29) is 0 Å². The first-order valence-corrected chi connectivity index (χ1v) is 9.33. The van der Waals surface area contributed by atoms with E-state index in [4.69, 9.17) is 9.68 Å². The third-order valence-electron chi connectivity index (χ3n) is 4.09. The van der Waals surface area contributed by atoms with Crippen LogP contribution in [-0.4, -0.2) is 40.1 Å². The fourth-order valence-corrected chi connectivity index (χ4v) is 2.69. The summed E-state index contributed by atoms with van der Waals surface area (Å²) in [5.41, 5.74) is 4.85. The monoisotopic (exact) mass is 389 g/mol. The van der Waals surface area contributed by atoms with Gasteiger partial charge < -0.3 is 9.68 Å². The molecule has 3 aromatic heterocycles. The maximum Gasteiger partial charge on any atom is 0.135 e. The van der Waals surface area contributed by atoms with Crippen LogP contribution >= 0.6 is 0 Å². The van der Waals surface area contributed by atoms with Gasteiger partial charge in [-0.15, -0.1) is 0 Å². The quantitative estimate of drug-likeness (QED) is 0.317. The van der Waals surface area contributed by atoms with Crippen LogP contribution < -0.4 is 0 Å². The first kappa shape index (κ1) is 20.1. The van der Waals surface area contributed by atoms with Gasteiger partial charge in [-0.3, -0.25) is 15.0 Å². The number of nitrogens with zero attached hydrogens (tertiary/aromatic N) is 5. The molecule has 0 amide bonds. The van der Waals surface area contributed by atoms with E-state index in [2.05, 4.69) is 25.3 Å². The normalized spacial score (nSPS) is 11.9. The molecule has 3 heterocycles. The van der Waals surface area contributed by atoms with Gasteiger partial charge in [0.05, 0.1) is 11.4 Å². The number of aryl methyl sites for hydroxylation is 1. The molecule has 7 heteroatoms. The van der Waals surface area contributed by atoms with Gasteiger partial charge >= 0.3 is 0 Å². The Labute approximate surface area is 170 Å². The van der Waals surface area contributed by atoms with Crippen molar-refractivity contribution in [2.24, 2.45) is 10.3 Å². The lowest BCUT2D eigenvalue weighted by atomic mass is 10.1. The smallest absolute Gasteiger partial charge is 0.135 e. The average molecular weight is 389 g/mol. The predicted molar refractivity (Wildman–Crippen MR) is 112 cm³/mol. The molecule has 0 aliphatic heterocycles. The highest BCUT2D eigenvalue weighted by molar-refractivity contribution is 6.11. The molecular formula is C22H23N5O2. The molecule has 0 saturated heterocycles. The largest absolute Gasteiger partial charge is 0.399 e. The molecule has 3 aromatic rings. The van der Waals surface area contributed by atoms with E-state index in [0.29, 0.717) is 12.3 Å². The van der Waals surface area contributed by atoms with Gasteiger partial charge in [-0.2, -0.15) is 0 Å². The molecule has 0 bridgehead atoms. The highest BCUT2D eigenvalue weighted by Gasteiger charge is 2.09. The van der Waals surface area contributed by atoms with Gasteiger partial charge in [-0.1, -0.05) is 22.4 Å². The minimum absolute atomic E-state index is 0.471. The Hall–Kier alpha value is -3.61. The molecule has 0 atom stereocenters. The van der Waals surface area contributed by atoms with Crippen LogP contribution in [0.2, 0.25) is 0 Å². The van der Waals surface area contributed by atoms with Crippen molar-refractivity contribution in [3.63, 3.8) is 0 Å². The van der Waals surface area contributed by atoms with Gasteiger partial charge in [-0.25, -0.2) is 0 Å². The van der Waals surface area contributed by atoms with E-state index in [1.165, 1.54) is 7.11 Å². The van der Waals surface area contributed by atoms with E-state index < -0.39 is 0 Å². The summed E-state index contributed by atoms with van der Waals surface area (Å²) in [5.74, 6) is 0. The zero-order valence-corrected chi connectivity index (χ0v) is 16.5. The van der Waals surface area contributed by atoms with Crippen molar-refractivity contribution in [2.75, 3.05) is 13.7 Å². The van der Waals surface area contributed by atoms with Crippen LogP contribution in [0.1, 0.15) is 36.0 Å². The number of hydrogen-bond acceptors (Lipinski definition) is 7. The first-order valence-electron chi connectivity index (χ1n) is 9.33. The lowest BCUT2D eigenvalue weighted by molar-refractivity contribution is 0.142. The molecule has 0 aliphatic rings. The molecular weight excluding hydrogens is 366 g/mol. The summed E-state index contributed by atoms with van der Waals surface area (Å²) in [6, 6.07) is 15.3. The number of rotatable bonds is 9. The second kappa shape index (κ2) is 10.7. The Morgan fingerprint density at radius 1 is 0.931 bits per heavy atom. The zero-order chi connectivity index (χ0) is 20.3. The van der Waals surface area contributed by atoms with Gasteiger partial charge in [0.25, 0.3) is 0 Å². The van der Waals surface area contributed by atoms with E-state index in [9.17, 15) is 0 Å². The van der Waals surface area contributed by atoms with Crippen LogP contribution in [0, 0.1) is 0 Å². The van der Waals surface area contributed by atoms with Crippen LogP contribution in [0.3, 0.4) is 0 Å². The van der Waals surface area contributed by atoms with E-state index in [1.807, 2.05) is 55.5 Å². The summed E-state index contributed by atoms with van der Waals surface area (Å²) >= 11 is 0. The molecule has 0 saturated carbocycles. The fourth-order valence-electron chi connectivity index (χ4n) is 2.69. The highest BCUT2D eigenvalue weighted by atomic mass is 16.6. The molecule has 0 fully saturated rings. The number of hydrogen-bond donors (Lipinski definition) is 0. The minimum atomic E-state index is 0.471. The summed E-state index contributed by atoms with van der Waals surface area (Å²) < 4.78 is 0. The SMILES string of the molecule is CO/N=C(\C)c1cccc(CCCON=C(c2ccncc2)c2ccccn2)n1. The van der Waals surface area contributed by atoms with Crippen LogP contribution in [-0.2, 0) is 16.1 Å². The van der Waals surface area contributed by atoms with Gasteiger partial charge in [0.1, 0.15) is 25.1 Å². The maximum absolute atomic E-state index is 5.60. The van der Waals surface area contributed by atoms with Crippen molar-refractivity contribution < 1.29 is 9.68 Å². The third-order valence-corrected chi connectivity index (χ3v) is 4.09. The van der Waals surface area contributed by atoms with Crippen LogP contribution in [0.15, 0.2) is 77.4 Å². The topological polar surface area (TPSA) is 81.9 Å². The fraction of sp³-hybridized carbons (Fsp3) is 0.227. The van der Waals surface area contributed by atoms with Crippen molar-refractivity contribution in [1.29, 1.82) is 0 Å². The Bertz CT molecular complexity index is 918. The molecule has 7 nitrogen and oxygen atoms in total. The molecule has 0 N–H and O–H groups in total. The summed E-state index contributed by atoms with van der Waals surface area (Å²) in [5, 5.41) is 8.26. The summed E-state index contributed by atoms with van der Waals surface area (Å²) in [6.45, 7) is 2.34. The number of pyridine rings is 3. The van der Waals surface area contributed by atoms with Crippen molar-refractivity contribution in [1.82, 2.24) is 15.0 Å². The predicted octanol–water partition coefficient (Wildman–Crippen LogP) is 3.64. The standard InChI is InChI=1S/C22H23N5O2/c1-17(26-28-2)20-10-5-7-19(25-20)8-6-16-29-27-22(18-11-14-23-15-12-18)21-9-3-4-13-24-21/h3-5,7,9-15H,6,8,16H2,1-2H3/b26-17+,27-22?. The van der Waals surface area contributed by atoms with Crippen molar-refractivity contribution in [3.8, 4) is 0 Å². The Morgan fingerprint density at radius 2 is 1.76 bits per heavy atom. The Morgan fingerprint density at radius 3 is 2.52 bits per heavy atom. The lowest BCUT2D eigenvalue weighted by Crippen LogP contribution is -2.07. The maximum atomic E-state index is 5.60. The van der Waals surface area contributed by atoms with E-state index in [1.54, 1.807) is 18.6 Å². The van der Waals surface area contributed by atoms with Crippen molar-refractivity contribution in [3.05, 3.63) is 89.8 Å². The lowest BCUT2D eigenvalue weighted by Gasteiger charge is -2.07.